The van der Waals surface area contributed by atoms with Crippen molar-refractivity contribution in [2.75, 3.05) is 5.33 Å². The highest BCUT2D eigenvalue weighted by Crippen LogP contribution is 2.19. The fourth-order valence-electron chi connectivity index (χ4n) is 1.98. The normalized spacial score (nSPS) is 13.1. The number of hydrogen-bond acceptors (Lipinski definition) is 0. The second-order valence-electron chi connectivity index (χ2n) is 5.18. The summed E-state index contributed by atoms with van der Waals surface area (Å²) in [5.74, 6) is 1.60. The smallest absolute Gasteiger partial charge is 0.00628 e. The van der Waals surface area contributed by atoms with Gasteiger partial charge >= 0.3 is 0 Å². The minimum absolute atomic E-state index is 0.782. The van der Waals surface area contributed by atoms with Gasteiger partial charge in [0, 0.05) is 5.33 Å². The standard InChI is InChI=1S/C15H23Br/c1-12(2)7-8-15(11-16)10-14-6-4-5-13(3)9-14/h4-6,9,12,15H,7-8,10-11H2,1-3H3. The molecule has 0 radical (unpaired) electrons. The molecule has 0 saturated carbocycles. The van der Waals surface area contributed by atoms with Crippen molar-refractivity contribution >= 4 is 15.9 Å². The highest BCUT2D eigenvalue weighted by Gasteiger charge is 2.09. The monoisotopic (exact) mass is 282 g/mol. The van der Waals surface area contributed by atoms with Crippen LogP contribution in [0.3, 0.4) is 0 Å². The minimum Gasteiger partial charge on any atom is -0.0925 e. The van der Waals surface area contributed by atoms with E-state index < -0.39 is 0 Å². The first-order valence-electron chi connectivity index (χ1n) is 6.23. The first kappa shape index (κ1) is 13.8. The molecule has 1 aromatic carbocycles. The third-order valence-corrected chi connectivity index (χ3v) is 3.89. The van der Waals surface area contributed by atoms with Crippen LogP contribution in [0.25, 0.3) is 0 Å². The van der Waals surface area contributed by atoms with E-state index in [1.54, 1.807) is 0 Å². The predicted octanol–water partition coefficient (Wildman–Crippen LogP) is 4.98. The molecule has 0 spiro atoms. The fourth-order valence-corrected chi connectivity index (χ4v) is 2.53. The molecule has 0 amide bonds. The molecule has 0 bridgehead atoms. The molecule has 0 nitrogen and oxygen atoms in total. The van der Waals surface area contributed by atoms with Crippen LogP contribution >= 0.6 is 15.9 Å². The number of halogens is 1. The van der Waals surface area contributed by atoms with Gasteiger partial charge in [-0.2, -0.15) is 0 Å². The molecule has 0 aliphatic rings. The van der Waals surface area contributed by atoms with Gasteiger partial charge in [0.2, 0.25) is 0 Å². The van der Waals surface area contributed by atoms with Crippen LogP contribution in [0.15, 0.2) is 24.3 Å². The highest BCUT2D eigenvalue weighted by molar-refractivity contribution is 9.09. The predicted molar refractivity (Wildman–Crippen MR) is 76.2 cm³/mol. The molecule has 0 saturated heterocycles. The van der Waals surface area contributed by atoms with E-state index >= 15 is 0 Å². The molecule has 1 heteroatoms. The molecule has 1 aromatic rings. The molecule has 1 unspecified atom stereocenters. The van der Waals surface area contributed by atoms with Gasteiger partial charge in [0.1, 0.15) is 0 Å². The molecule has 16 heavy (non-hydrogen) atoms. The topological polar surface area (TPSA) is 0 Å². The summed E-state index contributed by atoms with van der Waals surface area (Å²) in [5, 5.41) is 1.12. The van der Waals surface area contributed by atoms with Gasteiger partial charge in [0.25, 0.3) is 0 Å². The van der Waals surface area contributed by atoms with Gasteiger partial charge < -0.3 is 0 Å². The van der Waals surface area contributed by atoms with Crippen LogP contribution < -0.4 is 0 Å². The zero-order valence-electron chi connectivity index (χ0n) is 10.7. The number of hydrogen-bond donors (Lipinski definition) is 0. The summed E-state index contributed by atoms with van der Waals surface area (Å²) in [6.45, 7) is 6.77. The molecule has 90 valence electrons. The lowest BCUT2D eigenvalue weighted by Crippen LogP contribution is -2.07. The van der Waals surface area contributed by atoms with Gasteiger partial charge in [0.05, 0.1) is 0 Å². The van der Waals surface area contributed by atoms with Crippen LogP contribution in [-0.4, -0.2) is 5.33 Å². The van der Waals surface area contributed by atoms with E-state index in [1.807, 2.05) is 0 Å². The van der Waals surface area contributed by atoms with E-state index in [9.17, 15) is 0 Å². The third-order valence-electron chi connectivity index (χ3n) is 2.98. The molecule has 0 aliphatic carbocycles. The summed E-state index contributed by atoms with van der Waals surface area (Å²) in [5.41, 5.74) is 2.85. The van der Waals surface area contributed by atoms with E-state index in [-0.39, 0.29) is 0 Å². The van der Waals surface area contributed by atoms with Crippen molar-refractivity contribution in [3.8, 4) is 0 Å². The van der Waals surface area contributed by atoms with Crippen LogP contribution in [0.5, 0.6) is 0 Å². The molecule has 1 atom stereocenters. The van der Waals surface area contributed by atoms with E-state index in [0.29, 0.717) is 0 Å². The Kier molecular flexibility index (Phi) is 6.12. The van der Waals surface area contributed by atoms with Crippen LogP contribution in [0, 0.1) is 18.8 Å². The van der Waals surface area contributed by atoms with E-state index in [1.165, 1.54) is 30.4 Å². The van der Waals surface area contributed by atoms with Gasteiger partial charge in [0.15, 0.2) is 0 Å². The third kappa shape index (κ3) is 5.16. The van der Waals surface area contributed by atoms with Crippen molar-refractivity contribution in [1.82, 2.24) is 0 Å². The van der Waals surface area contributed by atoms with E-state index in [4.69, 9.17) is 0 Å². The average molecular weight is 283 g/mol. The van der Waals surface area contributed by atoms with Crippen LogP contribution in [0.1, 0.15) is 37.8 Å². The van der Waals surface area contributed by atoms with Crippen molar-refractivity contribution in [2.24, 2.45) is 11.8 Å². The van der Waals surface area contributed by atoms with Gasteiger partial charge in [-0.15, -0.1) is 0 Å². The van der Waals surface area contributed by atoms with E-state index in [0.717, 1.165) is 17.2 Å². The summed E-state index contributed by atoms with van der Waals surface area (Å²) in [6, 6.07) is 8.89. The molecular formula is C15H23Br. The summed E-state index contributed by atoms with van der Waals surface area (Å²) >= 11 is 3.64. The Morgan fingerprint density at radius 2 is 1.94 bits per heavy atom. The van der Waals surface area contributed by atoms with Crippen LogP contribution in [0.2, 0.25) is 0 Å². The van der Waals surface area contributed by atoms with Crippen molar-refractivity contribution in [1.29, 1.82) is 0 Å². The van der Waals surface area contributed by atoms with E-state index in [2.05, 4.69) is 61.0 Å². The molecule has 0 heterocycles. The zero-order valence-corrected chi connectivity index (χ0v) is 12.3. The molecular weight excluding hydrogens is 260 g/mol. The largest absolute Gasteiger partial charge is 0.0925 e. The summed E-state index contributed by atoms with van der Waals surface area (Å²) in [4.78, 5) is 0. The lowest BCUT2D eigenvalue weighted by Gasteiger charge is -2.15. The first-order chi connectivity index (χ1) is 7.61. The molecule has 0 aromatic heterocycles. The lowest BCUT2D eigenvalue weighted by molar-refractivity contribution is 0.455. The van der Waals surface area contributed by atoms with Gasteiger partial charge in [-0.05, 0) is 37.2 Å². The van der Waals surface area contributed by atoms with Gasteiger partial charge in [-0.25, -0.2) is 0 Å². The number of benzene rings is 1. The Hall–Kier alpha value is -0.300. The van der Waals surface area contributed by atoms with Crippen LogP contribution in [0.4, 0.5) is 0 Å². The number of aryl methyl sites for hydroxylation is 1. The number of rotatable bonds is 6. The lowest BCUT2D eigenvalue weighted by atomic mass is 9.93. The maximum absolute atomic E-state index is 3.64. The maximum Gasteiger partial charge on any atom is 0.00628 e. The molecule has 0 N–H and O–H groups in total. The van der Waals surface area contributed by atoms with Crippen molar-refractivity contribution < 1.29 is 0 Å². The molecule has 0 aliphatic heterocycles. The summed E-state index contributed by atoms with van der Waals surface area (Å²) in [6.07, 6.45) is 3.87. The molecule has 1 rings (SSSR count). The van der Waals surface area contributed by atoms with Crippen molar-refractivity contribution in [3.05, 3.63) is 35.4 Å². The SMILES string of the molecule is Cc1cccc(CC(CBr)CCC(C)C)c1. The van der Waals surface area contributed by atoms with Gasteiger partial charge in [-0.1, -0.05) is 66.0 Å². The summed E-state index contributed by atoms with van der Waals surface area (Å²) < 4.78 is 0. The Balaban J connectivity index is 2.49. The number of alkyl halides is 1. The molecule has 0 fully saturated rings. The maximum atomic E-state index is 3.64. The first-order valence-corrected chi connectivity index (χ1v) is 7.35. The van der Waals surface area contributed by atoms with Crippen molar-refractivity contribution in [2.45, 2.75) is 40.0 Å². The zero-order chi connectivity index (χ0) is 12.0. The Morgan fingerprint density at radius 1 is 1.19 bits per heavy atom. The minimum atomic E-state index is 0.782. The highest BCUT2D eigenvalue weighted by atomic mass is 79.9. The Bertz CT molecular complexity index is 304. The van der Waals surface area contributed by atoms with Crippen molar-refractivity contribution in [3.63, 3.8) is 0 Å². The summed E-state index contributed by atoms with van der Waals surface area (Å²) in [7, 11) is 0. The second-order valence-corrected chi connectivity index (χ2v) is 5.83. The average Bonchev–Trinajstić information content (AvgIpc) is 2.24. The Morgan fingerprint density at radius 3 is 2.50 bits per heavy atom. The second kappa shape index (κ2) is 7.11. The quantitative estimate of drug-likeness (QED) is 0.645. The van der Waals surface area contributed by atoms with Gasteiger partial charge in [-0.3, -0.25) is 0 Å². The Labute approximate surface area is 109 Å². The van der Waals surface area contributed by atoms with Crippen LogP contribution in [-0.2, 0) is 6.42 Å². The fraction of sp³-hybridized carbons (Fsp3) is 0.600.